The molecular formula is C37H44O2. The van der Waals surface area contributed by atoms with E-state index in [0.717, 1.165) is 55.6 Å². The van der Waals surface area contributed by atoms with Crippen molar-refractivity contribution in [1.29, 1.82) is 0 Å². The summed E-state index contributed by atoms with van der Waals surface area (Å²) in [6, 6.07) is 17.4. The van der Waals surface area contributed by atoms with Gasteiger partial charge in [-0.25, -0.2) is 0 Å². The zero-order chi connectivity index (χ0) is 27.1. The molecule has 3 atom stereocenters. The summed E-state index contributed by atoms with van der Waals surface area (Å²) < 4.78 is 0. The van der Waals surface area contributed by atoms with E-state index >= 15 is 0 Å². The fourth-order valence-corrected chi connectivity index (χ4v) is 7.97. The van der Waals surface area contributed by atoms with Gasteiger partial charge in [0, 0.05) is 17.0 Å². The maximum Gasteiger partial charge on any atom is 0.166 e. The third kappa shape index (κ3) is 5.45. The van der Waals surface area contributed by atoms with Crippen molar-refractivity contribution in [2.75, 3.05) is 0 Å². The summed E-state index contributed by atoms with van der Waals surface area (Å²) in [7, 11) is 0. The summed E-state index contributed by atoms with van der Waals surface area (Å²) in [5.41, 5.74) is 11.5. The van der Waals surface area contributed by atoms with Gasteiger partial charge in [-0.1, -0.05) is 74.6 Å². The molecular weight excluding hydrogens is 476 g/mol. The molecule has 0 saturated heterocycles. The first-order valence-electron chi connectivity index (χ1n) is 15.4. The van der Waals surface area contributed by atoms with Crippen molar-refractivity contribution in [3.63, 3.8) is 0 Å². The molecule has 3 unspecified atom stereocenters. The van der Waals surface area contributed by atoms with Crippen molar-refractivity contribution < 1.29 is 9.90 Å². The van der Waals surface area contributed by atoms with Crippen molar-refractivity contribution >= 4 is 5.78 Å². The molecule has 39 heavy (non-hydrogen) atoms. The summed E-state index contributed by atoms with van der Waals surface area (Å²) in [5.74, 6) is 2.63. The highest BCUT2D eigenvalue weighted by atomic mass is 16.3. The van der Waals surface area contributed by atoms with Crippen LogP contribution >= 0.6 is 0 Å². The van der Waals surface area contributed by atoms with Gasteiger partial charge in [0.25, 0.3) is 0 Å². The number of hydrogen-bond donors (Lipinski definition) is 1. The summed E-state index contributed by atoms with van der Waals surface area (Å²) in [5, 5.41) is 11.1. The Kier molecular flexibility index (Phi) is 7.40. The van der Waals surface area contributed by atoms with E-state index in [-0.39, 0.29) is 11.8 Å². The molecule has 3 aliphatic carbocycles. The van der Waals surface area contributed by atoms with Crippen LogP contribution in [0.15, 0.2) is 48.5 Å². The van der Waals surface area contributed by atoms with Crippen molar-refractivity contribution in [3.05, 3.63) is 98.6 Å². The maximum absolute atomic E-state index is 13.3. The summed E-state index contributed by atoms with van der Waals surface area (Å²) in [6.45, 7) is 6.70. The Morgan fingerprint density at radius 1 is 0.846 bits per heavy atom. The highest BCUT2D eigenvalue weighted by Gasteiger charge is 2.35. The van der Waals surface area contributed by atoms with Crippen LogP contribution in [0.4, 0.5) is 0 Å². The molecule has 3 aromatic carbocycles. The topological polar surface area (TPSA) is 37.3 Å². The van der Waals surface area contributed by atoms with Crippen molar-refractivity contribution in [2.24, 2.45) is 17.8 Å². The molecule has 1 N–H and O–H groups in total. The van der Waals surface area contributed by atoms with Crippen LogP contribution in [0.3, 0.4) is 0 Å². The van der Waals surface area contributed by atoms with Gasteiger partial charge in [-0.2, -0.15) is 0 Å². The van der Waals surface area contributed by atoms with Gasteiger partial charge in [0.2, 0.25) is 0 Å². The molecule has 3 aromatic rings. The molecule has 0 aromatic heterocycles. The van der Waals surface area contributed by atoms with Crippen LogP contribution < -0.4 is 0 Å². The van der Waals surface area contributed by atoms with Crippen LogP contribution in [-0.2, 0) is 32.1 Å². The number of aryl methyl sites for hydroxylation is 2. The predicted octanol–water partition coefficient (Wildman–Crippen LogP) is 8.64. The van der Waals surface area contributed by atoms with Gasteiger partial charge >= 0.3 is 0 Å². The van der Waals surface area contributed by atoms with Gasteiger partial charge in [-0.05, 0) is 122 Å². The largest absolute Gasteiger partial charge is 0.508 e. The zero-order valence-electron chi connectivity index (χ0n) is 24.1. The number of phenolic OH excluding ortho intramolecular Hbond substituents is 1. The average Bonchev–Trinajstić information content (AvgIpc) is 3.63. The summed E-state index contributed by atoms with van der Waals surface area (Å²) >= 11 is 0. The Bertz CT molecular complexity index is 1380. The molecule has 204 valence electrons. The van der Waals surface area contributed by atoms with Crippen LogP contribution in [0.1, 0.15) is 106 Å². The Morgan fingerprint density at radius 2 is 1.59 bits per heavy atom. The maximum atomic E-state index is 13.3. The molecule has 2 heteroatoms. The number of phenols is 1. The van der Waals surface area contributed by atoms with Crippen molar-refractivity contribution in [2.45, 2.75) is 97.3 Å². The van der Waals surface area contributed by atoms with E-state index in [4.69, 9.17) is 0 Å². The number of carbonyl (C=O) groups is 1. The first-order chi connectivity index (χ1) is 18.9. The molecule has 0 bridgehead atoms. The van der Waals surface area contributed by atoms with E-state index in [1.807, 2.05) is 12.1 Å². The predicted molar refractivity (Wildman–Crippen MR) is 160 cm³/mol. The summed E-state index contributed by atoms with van der Waals surface area (Å²) in [6.07, 6.45) is 12.6. The molecule has 3 aliphatic rings. The molecule has 0 spiro atoms. The van der Waals surface area contributed by atoms with Gasteiger partial charge in [-0.15, -0.1) is 0 Å². The highest BCUT2D eigenvalue weighted by Crippen LogP contribution is 2.43. The standard InChI is InChI=1S/C37H44O2/c1-23-11-12-25(3)29(15-23)17-24(2)16-27-9-6-10-35(38)36(27)33-20-30-19-32-18-28(14-13-26-7-4-5-8-26)37(39)34(32)22-31(30)21-33/h6,9-12,15,19,22,24,26,28,33,38H,4-5,7-8,13-14,16-18,20-21H2,1-3H3. The molecule has 0 heterocycles. The van der Waals surface area contributed by atoms with E-state index in [1.165, 1.54) is 71.0 Å². The zero-order valence-corrected chi connectivity index (χ0v) is 24.1. The first-order valence-corrected chi connectivity index (χ1v) is 15.4. The Hall–Kier alpha value is -2.87. The molecule has 2 nitrogen and oxygen atoms in total. The van der Waals surface area contributed by atoms with Gasteiger partial charge in [-0.3, -0.25) is 4.79 Å². The number of ketones is 1. The smallest absolute Gasteiger partial charge is 0.166 e. The Balaban J connectivity index is 1.16. The van der Waals surface area contributed by atoms with Gasteiger partial charge in [0.05, 0.1) is 0 Å². The minimum Gasteiger partial charge on any atom is -0.508 e. The molecule has 1 saturated carbocycles. The van der Waals surface area contributed by atoms with Crippen LogP contribution in [0, 0.1) is 31.6 Å². The number of aromatic hydroxyl groups is 1. The van der Waals surface area contributed by atoms with Gasteiger partial charge in [0.15, 0.2) is 5.78 Å². The van der Waals surface area contributed by atoms with Crippen LogP contribution in [-0.4, -0.2) is 10.9 Å². The molecule has 1 fully saturated rings. The molecule has 6 rings (SSSR count). The number of Topliss-reactive ketones (excluding diaryl/α,β-unsaturated/α-hetero) is 1. The number of rotatable bonds is 8. The lowest BCUT2D eigenvalue weighted by Crippen LogP contribution is -2.11. The van der Waals surface area contributed by atoms with E-state index in [2.05, 4.69) is 57.2 Å². The second kappa shape index (κ2) is 11.0. The van der Waals surface area contributed by atoms with Gasteiger partial charge in [0.1, 0.15) is 5.75 Å². The SMILES string of the molecule is Cc1ccc(C)c(CC(C)Cc2cccc(O)c2C2Cc3cc4c(cc3C2)C(=O)C(CCC2CCCC2)C4)c1. The molecule has 0 aliphatic heterocycles. The van der Waals surface area contributed by atoms with Crippen LogP contribution in [0.2, 0.25) is 0 Å². The minimum absolute atomic E-state index is 0.197. The average molecular weight is 521 g/mol. The lowest BCUT2D eigenvalue weighted by molar-refractivity contribution is 0.0926. The highest BCUT2D eigenvalue weighted by molar-refractivity contribution is 6.02. The van der Waals surface area contributed by atoms with Gasteiger partial charge < -0.3 is 5.11 Å². The lowest BCUT2D eigenvalue weighted by Gasteiger charge is -2.20. The fraction of sp³-hybridized carbons (Fsp3) is 0.486. The lowest BCUT2D eigenvalue weighted by atomic mass is 9.85. The monoisotopic (exact) mass is 520 g/mol. The Morgan fingerprint density at radius 3 is 2.38 bits per heavy atom. The van der Waals surface area contributed by atoms with Crippen molar-refractivity contribution in [3.8, 4) is 5.75 Å². The van der Waals surface area contributed by atoms with Crippen LogP contribution in [0.25, 0.3) is 0 Å². The third-order valence-electron chi connectivity index (χ3n) is 10.1. The van der Waals surface area contributed by atoms with E-state index in [1.54, 1.807) is 0 Å². The second-order valence-electron chi connectivity index (χ2n) is 13.2. The fourth-order valence-electron chi connectivity index (χ4n) is 7.97. The van der Waals surface area contributed by atoms with Crippen molar-refractivity contribution in [1.82, 2.24) is 0 Å². The number of fused-ring (bicyclic) bond motifs is 2. The quantitative estimate of drug-likeness (QED) is 0.323. The first kappa shape index (κ1) is 26.4. The number of carbonyl (C=O) groups excluding carboxylic acids is 1. The third-order valence-corrected chi connectivity index (χ3v) is 10.1. The number of benzene rings is 3. The Labute approximate surface area is 234 Å². The summed E-state index contributed by atoms with van der Waals surface area (Å²) in [4.78, 5) is 13.3. The minimum atomic E-state index is 0.197. The molecule has 0 amide bonds. The number of hydrogen-bond acceptors (Lipinski definition) is 2. The van der Waals surface area contributed by atoms with E-state index < -0.39 is 0 Å². The van der Waals surface area contributed by atoms with Crippen LogP contribution in [0.5, 0.6) is 5.75 Å². The second-order valence-corrected chi connectivity index (χ2v) is 13.2. The van der Waals surface area contributed by atoms with E-state index in [9.17, 15) is 9.90 Å². The normalized spacial score (nSPS) is 21.4. The molecule has 0 radical (unpaired) electrons. The van der Waals surface area contributed by atoms with E-state index in [0.29, 0.717) is 17.5 Å².